The lowest BCUT2D eigenvalue weighted by molar-refractivity contribution is -0.685. The number of nitrogens with zero attached hydrogens (tertiary/aromatic N) is 3. The zero-order valence-electron chi connectivity index (χ0n) is 22.2. The van der Waals surface area contributed by atoms with Crippen molar-refractivity contribution >= 4 is 5.69 Å². The van der Waals surface area contributed by atoms with Gasteiger partial charge in [0, 0.05) is 31.1 Å². The second-order valence-corrected chi connectivity index (χ2v) is 11.9. The second kappa shape index (κ2) is 7.98. The lowest BCUT2D eigenvalue weighted by atomic mass is 9.80. The summed E-state index contributed by atoms with van der Waals surface area (Å²) in [6.07, 6.45) is 2.25. The van der Waals surface area contributed by atoms with Crippen LogP contribution in [0.3, 0.4) is 0 Å². The Morgan fingerprint density at radius 2 is 1.52 bits per heavy atom. The van der Waals surface area contributed by atoms with Crippen molar-refractivity contribution in [3.05, 3.63) is 46.5 Å². The van der Waals surface area contributed by atoms with E-state index in [0.717, 1.165) is 6.42 Å². The Labute approximate surface area is 191 Å². The summed E-state index contributed by atoms with van der Waals surface area (Å²) < 4.78 is 4.82. The monoisotopic (exact) mass is 424 g/mol. The summed E-state index contributed by atoms with van der Waals surface area (Å²) in [7, 11) is 4.47. The molecule has 1 aromatic carbocycles. The van der Waals surface area contributed by atoms with Crippen molar-refractivity contribution < 1.29 is 4.57 Å². The molecule has 0 saturated carbocycles. The van der Waals surface area contributed by atoms with E-state index in [1.54, 1.807) is 0 Å². The average Bonchev–Trinajstić information content (AvgIpc) is 2.95. The third kappa shape index (κ3) is 3.94. The third-order valence-electron chi connectivity index (χ3n) is 8.02. The highest BCUT2D eigenvalue weighted by Gasteiger charge is 2.53. The van der Waals surface area contributed by atoms with E-state index in [9.17, 15) is 0 Å². The van der Waals surface area contributed by atoms with Crippen molar-refractivity contribution in [2.45, 2.75) is 105 Å². The molecule has 1 aromatic heterocycles. The first-order chi connectivity index (χ1) is 14.2. The largest absolute Gasteiger partial charge is 0.362 e. The standard InChI is InChI=1S/C28H46N3/c1-18(2)22-14-13-15-23(19(3)4)26(22)31-24(27(7,8)17-28(31,9)10)16-25-29(11)20(5)21(6)30(25)12/h13-15,18-19,24H,16-17H2,1-12H3/q+1/t24-/m0/s1. The van der Waals surface area contributed by atoms with E-state index in [1.165, 1.54) is 40.4 Å². The van der Waals surface area contributed by atoms with E-state index >= 15 is 0 Å². The van der Waals surface area contributed by atoms with Crippen molar-refractivity contribution in [2.75, 3.05) is 4.90 Å². The molecule has 0 unspecified atom stereocenters. The maximum Gasteiger partial charge on any atom is 0.258 e. The molecule has 1 aliphatic heterocycles. The Bertz CT molecular complexity index is 907. The van der Waals surface area contributed by atoms with Crippen molar-refractivity contribution in [3.63, 3.8) is 0 Å². The number of benzene rings is 1. The molecule has 0 bridgehead atoms. The highest BCUT2D eigenvalue weighted by atomic mass is 15.3. The van der Waals surface area contributed by atoms with E-state index in [2.05, 4.69) is 116 Å². The minimum atomic E-state index is 0.108. The van der Waals surface area contributed by atoms with Crippen LogP contribution in [0, 0.1) is 19.3 Å². The van der Waals surface area contributed by atoms with E-state index in [0.29, 0.717) is 17.9 Å². The predicted molar refractivity (Wildman–Crippen MR) is 133 cm³/mol. The Kier molecular flexibility index (Phi) is 6.14. The normalized spacial score (nSPS) is 20.3. The Hall–Kier alpha value is -1.77. The van der Waals surface area contributed by atoms with Gasteiger partial charge in [0.1, 0.15) is 11.4 Å². The molecule has 31 heavy (non-hydrogen) atoms. The van der Waals surface area contributed by atoms with Crippen molar-refractivity contribution in [3.8, 4) is 0 Å². The van der Waals surface area contributed by atoms with Crippen LogP contribution in [-0.4, -0.2) is 16.1 Å². The molecule has 172 valence electrons. The number of hydrogen-bond acceptors (Lipinski definition) is 1. The van der Waals surface area contributed by atoms with E-state index in [-0.39, 0.29) is 11.0 Å². The summed E-state index contributed by atoms with van der Waals surface area (Å²) in [5, 5.41) is 0. The molecule has 1 atom stereocenters. The van der Waals surface area contributed by atoms with Crippen LogP contribution in [0.1, 0.15) is 102 Å². The molecule has 1 aliphatic rings. The molecule has 0 spiro atoms. The molecule has 2 aromatic rings. The second-order valence-electron chi connectivity index (χ2n) is 11.9. The van der Waals surface area contributed by atoms with Gasteiger partial charge < -0.3 is 4.90 Å². The number of imidazole rings is 1. The van der Waals surface area contributed by atoms with E-state index in [4.69, 9.17) is 0 Å². The molecule has 3 nitrogen and oxygen atoms in total. The number of rotatable bonds is 5. The molecule has 1 saturated heterocycles. The number of para-hydroxylation sites is 1. The minimum Gasteiger partial charge on any atom is -0.362 e. The fourth-order valence-electron chi connectivity index (χ4n) is 6.25. The first kappa shape index (κ1) is 23.9. The van der Waals surface area contributed by atoms with Crippen LogP contribution in [0.2, 0.25) is 0 Å². The predicted octanol–water partition coefficient (Wildman–Crippen LogP) is 6.34. The Morgan fingerprint density at radius 1 is 1.00 bits per heavy atom. The van der Waals surface area contributed by atoms with Crippen LogP contribution in [0.25, 0.3) is 0 Å². The lowest BCUT2D eigenvalue weighted by Gasteiger charge is -2.42. The molecule has 0 N–H and O–H groups in total. The van der Waals surface area contributed by atoms with Gasteiger partial charge in [-0.05, 0) is 48.6 Å². The van der Waals surface area contributed by atoms with Gasteiger partial charge in [-0.3, -0.25) is 0 Å². The summed E-state index contributed by atoms with van der Waals surface area (Å²) in [5.41, 5.74) is 7.54. The molecule has 2 heterocycles. The van der Waals surface area contributed by atoms with Crippen LogP contribution in [-0.2, 0) is 20.5 Å². The van der Waals surface area contributed by atoms with Crippen LogP contribution in [0.15, 0.2) is 18.2 Å². The minimum absolute atomic E-state index is 0.108. The van der Waals surface area contributed by atoms with Crippen molar-refractivity contribution in [1.82, 2.24) is 4.57 Å². The fourth-order valence-corrected chi connectivity index (χ4v) is 6.25. The van der Waals surface area contributed by atoms with Crippen LogP contribution in [0.4, 0.5) is 5.69 Å². The molecule has 3 heteroatoms. The molecule has 3 rings (SSSR count). The molecule has 1 fully saturated rings. The van der Waals surface area contributed by atoms with E-state index in [1.807, 2.05) is 0 Å². The zero-order valence-corrected chi connectivity index (χ0v) is 22.2. The maximum atomic E-state index is 2.83. The fraction of sp³-hybridized carbons (Fsp3) is 0.679. The van der Waals surface area contributed by atoms with Gasteiger partial charge >= 0.3 is 0 Å². The highest BCUT2D eigenvalue weighted by molar-refractivity contribution is 5.65. The summed E-state index contributed by atoms with van der Waals surface area (Å²) in [6, 6.07) is 7.43. The maximum absolute atomic E-state index is 2.83. The third-order valence-corrected chi connectivity index (χ3v) is 8.02. The summed E-state index contributed by atoms with van der Waals surface area (Å²) in [5.74, 6) is 2.43. The van der Waals surface area contributed by atoms with Crippen LogP contribution >= 0.6 is 0 Å². The Balaban J connectivity index is 2.24. The smallest absolute Gasteiger partial charge is 0.258 e. The van der Waals surface area contributed by atoms with Gasteiger partial charge in [-0.25, -0.2) is 9.13 Å². The van der Waals surface area contributed by atoms with Gasteiger partial charge in [-0.2, -0.15) is 0 Å². The van der Waals surface area contributed by atoms with Gasteiger partial charge in [0.05, 0.1) is 20.5 Å². The molecular weight excluding hydrogens is 378 g/mol. The topological polar surface area (TPSA) is 12.1 Å². The first-order valence-electron chi connectivity index (χ1n) is 12.1. The molecule has 0 radical (unpaired) electrons. The zero-order chi connectivity index (χ0) is 23.5. The van der Waals surface area contributed by atoms with E-state index < -0.39 is 0 Å². The highest BCUT2D eigenvalue weighted by Crippen LogP contribution is 2.52. The van der Waals surface area contributed by atoms with Crippen LogP contribution < -0.4 is 9.47 Å². The van der Waals surface area contributed by atoms with Gasteiger partial charge in [0.25, 0.3) is 5.82 Å². The number of anilines is 1. The lowest BCUT2D eigenvalue weighted by Crippen LogP contribution is -2.49. The molecule has 0 aliphatic carbocycles. The first-order valence-corrected chi connectivity index (χ1v) is 12.1. The Morgan fingerprint density at radius 3 is 1.94 bits per heavy atom. The summed E-state index contributed by atoms with van der Waals surface area (Å²) >= 11 is 0. The van der Waals surface area contributed by atoms with Gasteiger partial charge in [0.15, 0.2) is 0 Å². The van der Waals surface area contributed by atoms with Gasteiger partial charge in [-0.1, -0.05) is 59.7 Å². The number of aromatic nitrogens is 2. The van der Waals surface area contributed by atoms with Gasteiger partial charge in [-0.15, -0.1) is 0 Å². The van der Waals surface area contributed by atoms with Gasteiger partial charge in [0.2, 0.25) is 0 Å². The van der Waals surface area contributed by atoms with Crippen molar-refractivity contribution in [2.24, 2.45) is 19.5 Å². The quantitative estimate of drug-likeness (QED) is 0.510. The van der Waals surface area contributed by atoms with Crippen molar-refractivity contribution in [1.29, 1.82) is 0 Å². The average molecular weight is 425 g/mol. The summed E-state index contributed by atoms with van der Waals surface area (Å²) in [6.45, 7) is 23.7. The molecule has 0 amide bonds. The molecular formula is C28H46N3+. The summed E-state index contributed by atoms with van der Waals surface area (Å²) in [4.78, 5) is 2.83. The number of hydrogen-bond donors (Lipinski definition) is 0. The van der Waals surface area contributed by atoms with Crippen LogP contribution in [0.5, 0.6) is 0 Å². The SMILES string of the molecule is Cc1c(C)[n+](C)c(C[C@@H]2N(c3c(C(C)C)cccc3C(C)C)C(C)(C)CC2(C)C)n1C.